The second-order valence-electron chi connectivity index (χ2n) is 10.4. The fourth-order valence-corrected chi connectivity index (χ4v) is 6.17. The molecule has 0 saturated carbocycles. The number of fused-ring (bicyclic) bond motifs is 1. The zero-order chi connectivity index (χ0) is 27.6. The number of nitrogens with zero attached hydrogens (tertiary/aromatic N) is 2. The second-order valence-corrected chi connectivity index (χ2v) is 11.2. The molecule has 0 aromatic heterocycles. The lowest BCUT2D eigenvalue weighted by molar-refractivity contribution is -0.150. The summed E-state index contributed by atoms with van der Waals surface area (Å²) < 4.78 is 0. The molecule has 2 N–H and O–H groups in total. The number of hydrogen-bond donors (Lipinski definition) is 2. The maximum absolute atomic E-state index is 13.9. The standard InChI is InChI=1S/C28H31Cl2N3O5/c1-17(2)16-28(10-13-32(27(28)37)11-8-18-6-4-3-5-7-18)21(24(34)31-38)9-12-33-25(35)19-14-22(29)23(30)15-20(19)26(33)36/h3-7,14-15,17,21,38H,8-13,16H2,1-2H3,(H,31,34). The van der Waals surface area contributed by atoms with Crippen molar-refractivity contribution in [1.29, 1.82) is 0 Å². The molecule has 1 saturated heterocycles. The average Bonchev–Trinajstić information content (AvgIpc) is 3.31. The van der Waals surface area contributed by atoms with Crippen molar-refractivity contribution >= 4 is 46.8 Å². The number of rotatable bonds is 10. The van der Waals surface area contributed by atoms with Gasteiger partial charge in [0.2, 0.25) is 11.8 Å². The van der Waals surface area contributed by atoms with E-state index in [0.717, 1.165) is 10.5 Å². The molecular weight excluding hydrogens is 529 g/mol. The van der Waals surface area contributed by atoms with Gasteiger partial charge in [0, 0.05) is 19.6 Å². The Balaban J connectivity index is 1.56. The van der Waals surface area contributed by atoms with Gasteiger partial charge in [0.1, 0.15) is 0 Å². The highest BCUT2D eigenvalue weighted by Gasteiger charge is 2.54. The Morgan fingerprint density at radius 1 is 1.03 bits per heavy atom. The van der Waals surface area contributed by atoms with Crippen LogP contribution in [0.2, 0.25) is 10.0 Å². The number of benzene rings is 2. The van der Waals surface area contributed by atoms with Crippen molar-refractivity contribution in [2.45, 2.75) is 39.5 Å². The Morgan fingerprint density at radius 2 is 1.63 bits per heavy atom. The summed E-state index contributed by atoms with van der Waals surface area (Å²) in [4.78, 5) is 55.8. The van der Waals surface area contributed by atoms with E-state index in [2.05, 4.69) is 0 Å². The van der Waals surface area contributed by atoms with Gasteiger partial charge in [0.25, 0.3) is 11.8 Å². The lowest BCUT2D eigenvalue weighted by Gasteiger charge is -2.36. The van der Waals surface area contributed by atoms with Gasteiger partial charge >= 0.3 is 0 Å². The predicted octanol–water partition coefficient (Wildman–Crippen LogP) is 4.61. The molecule has 8 nitrogen and oxygen atoms in total. The summed E-state index contributed by atoms with van der Waals surface area (Å²) in [6.07, 6.45) is 1.56. The highest BCUT2D eigenvalue weighted by atomic mass is 35.5. The molecule has 0 radical (unpaired) electrons. The van der Waals surface area contributed by atoms with E-state index < -0.39 is 29.1 Å². The minimum Gasteiger partial charge on any atom is -0.342 e. The van der Waals surface area contributed by atoms with Crippen LogP contribution < -0.4 is 5.48 Å². The molecule has 10 heteroatoms. The first kappa shape index (κ1) is 28.1. The summed E-state index contributed by atoms with van der Waals surface area (Å²) in [7, 11) is 0. The Morgan fingerprint density at radius 3 is 2.18 bits per heavy atom. The first-order chi connectivity index (χ1) is 18.1. The van der Waals surface area contributed by atoms with Gasteiger partial charge in [0.15, 0.2) is 0 Å². The molecule has 4 rings (SSSR count). The van der Waals surface area contributed by atoms with Gasteiger partial charge in [0.05, 0.1) is 32.5 Å². The van der Waals surface area contributed by atoms with Gasteiger partial charge in [-0.2, -0.15) is 0 Å². The van der Waals surface area contributed by atoms with Crippen LogP contribution >= 0.6 is 23.2 Å². The molecule has 2 aromatic rings. The van der Waals surface area contributed by atoms with Crippen LogP contribution in [0.25, 0.3) is 0 Å². The number of carbonyl (C=O) groups is 4. The summed E-state index contributed by atoms with van der Waals surface area (Å²) in [5.74, 6) is -2.77. The fourth-order valence-electron chi connectivity index (χ4n) is 5.84. The molecule has 38 heavy (non-hydrogen) atoms. The van der Waals surface area contributed by atoms with E-state index in [1.54, 1.807) is 10.4 Å². The third-order valence-electron chi connectivity index (χ3n) is 7.57. The van der Waals surface area contributed by atoms with Crippen LogP contribution in [0.1, 0.15) is 59.4 Å². The zero-order valence-electron chi connectivity index (χ0n) is 21.4. The quantitative estimate of drug-likeness (QED) is 0.251. The topological polar surface area (TPSA) is 107 Å². The van der Waals surface area contributed by atoms with Crippen LogP contribution in [0.4, 0.5) is 0 Å². The Bertz CT molecular complexity index is 1210. The third kappa shape index (κ3) is 5.30. The van der Waals surface area contributed by atoms with E-state index in [0.29, 0.717) is 32.4 Å². The van der Waals surface area contributed by atoms with Gasteiger partial charge in [-0.3, -0.25) is 29.3 Å². The molecule has 2 heterocycles. The number of hydrogen-bond acceptors (Lipinski definition) is 5. The molecular formula is C28H31Cl2N3O5. The van der Waals surface area contributed by atoms with Gasteiger partial charge < -0.3 is 4.90 Å². The van der Waals surface area contributed by atoms with Crippen LogP contribution in [0, 0.1) is 17.3 Å². The van der Waals surface area contributed by atoms with Crippen molar-refractivity contribution in [3.05, 3.63) is 69.2 Å². The second kappa shape index (κ2) is 11.4. The number of hydroxylamine groups is 1. The minimum atomic E-state index is -1.07. The Labute approximate surface area is 231 Å². The van der Waals surface area contributed by atoms with Crippen LogP contribution in [0.15, 0.2) is 42.5 Å². The molecule has 202 valence electrons. The maximum Gasteiger partial charge on any atom is 0.261 e. The van der Waals surface area contributed by atoms with E-state index in [1.807, 2.05) is 44.2 Å². The van der Waals surface area contributed by atoms with Crippen LogP contribution in [0.3, 0.4) is 0 Å². The van der Waals surface area contributed by atoms with Gasteiger partial charge in [-0.25, -0.2) is 5.48 Å². The Hall–Kier alpha value is -2.94. The van der Waals surface area contributed by atoms with Crippen molar-refractivity contribution in [2.75, 3.05) is 19.6 Å². The molecule has 2 aliphatic heterocycles. The monoisotopic (exact) mass is 559 g/mol. The van der Waals surface area contributed by atoms with Gasteiger partial charge in [-0.15, -0.1) is 0 Å². The molecule has 2 atom stereocenters. The van der Waals surface area contributed by atoms with Crippen molar-refractivity contribution < 1.29 is 24.4 Å². The molecule has 0 spiro atoms. The number of halogens is 2. The molecule has 1 fully saturated rings. The van der Waals surface area contributed by atoms with Gasteiger partial charge in [-0.1, -0.05) is 67.4 Å². The zero-order valence-corrected chi connectivity index (χ0v) is 22.9. The van der Waals surface area contributed by atoms with Crippen molar-refractivity contribution in [3.8, 4) is 0 Å². The summed E-state index contributed by atoms with van der Waals surface area (Å²) in [6.45, 7) is 4.85. The van der Waals surface area contributed by atoms with E-state index in [9.17, 15) is 24.4 Å². The minimum absolute atomic E-state index is 0.0182. The van der Waals surface area contributed by atoms with E-state index >= 15 is 0 Å². The van der Waals surface area contributed by atoms with E-state index in [-0.39, 0.29) is 46.0 Å². The largest absolute Gasteiger partial charge is 0.342 e. The average molecular weight is 560 g/mol. The molecule has 0 aliphatic carbocycles. The number of likely N-dealkylation sites (tertiary alicyclic amines) is 1. The van der Waals surface area contributed by atoms with Crippen molar-refractivity contribution in [3.63, 3.8) is 0 Å². The first-order valence-electron chi connectivity index (χ1n) is 12.7. The number of nitrogens with one attached hydrogen (secondary N) is 1. The fraction of sp³-hybridized carbons (Fsp3) is 0.429. The highest BCUT2D eigenvalue weighted by molar-refractivity contribution is 6.43. The van der Waals surface area contributed by atoms with Crippen molar-refractivity contribution in [1.82, 2.24) is 15.3 Å². The normalized spacial score (nSPS) is 19.9. The maximum atomic E-state index is 13.9. The lowest BCUT2D eigenvalue weighted by atomic mass is 9.67. The number of carbonyl (C=O) groups excluding carboxylic acids is 4. The molecule has 2 unspecified atom stereocenters. The van der Waals surface area contributed by atoms with Crippen molar-refractivity contribution in [2.24, 2.45) is 17.3 Å². The molecule has 2 aromatic carbocycles. The predicted molar refractivity (Wildman–Crippen MR) is 143 cm³/mol. The van der Waals surface area contributed by atoms with E-state index in [4.69, 9.17) is 23.2 Å². The van der Waals surface area contributed by atoms with Crippen LogP contribution in [0.5, 0.6) is 0 Å². The summed E-state index contributed by atoms with van der Waals surface area (Å²) in [5.41, 5.74) is 2.07. The smallest absolute Gasteiger partial charge is 0.261 e. The third-order valence-corrected chi connectivity index (χ3v) is 8.30. The van der Waals surface area contributed by atoms with Crippen LogP contribution in [-0.2, 0) is 16.0 Å². The van der Waals surface area contributed by atoms with Gasteiger partial charge in [-0.05, 0) is 49.3 Å². The highest BCUT2D eigenvalue weighted by Crippen LogP contribution is 2.46. The lowest BCUT2D eigenvalue weighted by Crippen LogP contribution is -2.48. The molecule has 0 bridgehead atoms. The number of amides is 4. The summed E-state index contributed by atoms with van der Waals surface area (Å²) in [6, 6.07) is 12.6. The summed E-state index contributed by atoms with van der Waals surface area (Å²) in [5, 5.41) is 9.94. The van der Waals surface area contributed by atoms with Crippen LogP contribution in [-0.4, -0.2) is 58.3 Å². The van der Waals surface area contributed by atoms with E-state index in [1.165, 1.54) is 12.1 Å². The SMILES string of the molecule is CC(C)CC1(C(CCN2C(=O)c3cc(Cl)c(Cl)cc3C2=O)C(=O)NO)CCN(CCc2ccccc2)C1=O. The number of imide groups is 1. The molecule has 4 amide bonds. The summed E-state index contributed by atoms with van der Waals surface area (Å²) >= 11 is 12.1. The first-order valence-corrected chi connectivity index (χ1v) is 13.5. The molecule has 2 aliphatic rings. The Kier molecular flexibility index (Phi) is 8.45.